The number of benzene rings is 1. The van der Waals surface area contributed by atoms with Gasteiger partial charge in [0.2, 0.25) is 5.88 Å². The molecule has 0 aliphatic rings. The summed E-state index contributed by atoms with van der Waals surface area (Å²) >= 11 is 0. The van der Waals surface area contributed by atoms with Crippen LogP contribution in [0.3, 0.4) is 0 Å². The molecule has 0 aliphatic carbocycles. The van der Waals surface area contributed by atoms with E-state index in [4.69, 9.17) is 9.72 Å². The molecule has 1 aromatic carbocycles. The molecule has 8 nitrogen and oxygen atoms in total. The summed E-state index contributed by atoms with van der Waals surface area (Å²) in [7, 11) is 1.55. The number of pyridine rings is 2. The van der Waals surface area contributed by atoms with E-state index in [0.717, 1.165) is 21.4 Å². The van der Waals surface area contributed by atoms with Gasteiger partial charge in [-0.05, 0) is 49.1 Å². The number of nitrogens with zero attached hydrogens (tertiary/aromatic N) is 5. The smallest absolute Gasteiger partial charge is 0.350 e. The first-order valence-electron chi connectivity index (χ1n) is 10.7. The lowest BCUT2D eigenvalue weighted by atomic mass is 9.95. The van der Waals surface area contributed by atoms with Crippen LogP contribution >= 0.6 is 0 Å². The molecule has 4 aromatic rings. The zero-order valence-corrected chi connectivity index (χ0v) is 19.3. The number of hydrogen-bond acceptors (Lipinski definition) is 6. The minimum atomic E-state index is -0.635. The lowest BCUT2D eigenvalue weighted by molar-refractivity contribution is 0.264. The highest BCUT2D eigenvalue weighted by molar-refractivity contribution is 5.88. The first-order chi connectivity index (χ1) is 15.8. The summed E-state index contributed by atoms with van der Waals surface area (Å²) in [6.45, 7) is 7.69. The molecule has 172 valence electrons. The molecule has 0 radical (unpaired) electrons. The molecule has 0 aliphatic heterocycles. The van der Waals surface area contributed by atoms with Crippen LogP contribution in [0.25, 0.3) is 27.8 Å². The van der Waals surface area contributed by atoms with Gasteiger partial charge in [-0.2, -0.15) is 4.68 Å². The molecule has 0 atom stereocenters. The molecule has 33 heavy (non-hydrogen) atoms. The van der Waals surface area contributed by atoms with Crippen molar-refractivity contribution < 1.29 is 14.2 Å². The second-order valence-electron chi connectivity index (χ2n) is 8.10. The maximum atomic E-state index is 15.3. The molecule has 0 bridgehead atoms. The molecule has 3 heterocycles. The molecular formula is C24H26FN5O3. The molecule has 0 fully saturated rings. The average Bonchev–Trinajstić information content (AvgIpc) is 3.12. The number of aliphatic hydroxyl groups is 1. The van der Waals surface area contributed by atoms with Gasteiger partial charge < -0.3 is 9.84 Å². The highest BCUT2D eigenvalue weighted by Crippen LogP contribution is 2.35. The van der Waals surface area contributed by atoms with Gasteiger partial charge >= 0.3 is 5.69 Å². The molecule has 3 aromatic heterocycles. The number of aromatic nitrogens is 5. The van der Waals surface area contributed by atoms with Gasteiger partial charge in [0.15, 0.2) is 11.6 Å². The van der Waals surface area contributed by atoms with Crippen LogP contribution < -0.4 is 10.4 Å². The van der Waals surface area contributed by atoms with Crippen molar-refractivity contribution in [2.75, 3.05) is 7.11 Å². The highest BCUT2D eigenvalue weighted by Gasteiger charge is 2.20. The number of halogens is 1. The minimum absolute atomic E-state index is 0.0148. The molecule has 9 heteroatoms. The summed E-state index contributed by atoms with van der Waals surface area (Å²) in [4.78, 5) is 21.8. The van der Waals surface area contributed by atoms with Crippen molar-refractivity contribution in [1.29, 1.82) is 0 Å². The number of rotatable bonds is 6. The zero-order valence-electron chi connectivity index (χ0n) is 19.3. The van der Waals surface area contributed by atoms with E-state index < -0.39 is 18.1 Å². The summed E-state index contributed by atoms with van der Waals surface area (Å²) in [5, 5.41) is 14.4. The summed E-state index contributed by atoms with van der Waals surface area (Å²) in [6.07, 6.45) is 1.67. The van der Waals surface area contributed by atoms with Crippen molar-refractivity contribution in [2.45, 2.75) is 46.8 Å². The lowest BCUT2D eigenvalue weighted by Crippen LogP contribution is -2.24. The number of methoxy groups -OCH3 is 1. The van der Waals surface area contributed by atoms with Crippen LogP contribution in [0.2, 0.25) is 0 Å². The molecule has 0 amide bonds. The normalized spacial score (nSPS) is 11.5. The van der Waals surface area contributed by atoms with E-state index in [-0.39, 0.29) is 17.4 Å². The van der Waals surface area contributed by atoms with Crippen LogP contribution in [-0.2, 0) is 13.2 Å². The monoisotopic (exact) mass is 451 g/mol. The van der Waals surface area contributed by atoms with Crippen molar-refractivity contribution >= 4 is 10.9 Å². The van der Waals surface area contributed by atoms with E-state index >= 15 is 4.39 Å². The summed E-state index contributed by atoms with van der Waals surface area (Å²) in [5.74, 6) is 0.0815. The largest absolute Gasteiger partial charge is 0.480 e. The molecule has 4 rings (SSSR count). The van der Waals surface area contributed by atoms with Gasteiger partial charge in [0.05, 0.1) is 23.9 Å². The van der Waals surface area contributed by atoms with Gasteiger partial charge in [0.25, 0.3) is 0 Å². The van der Waals surface area contributed by atoms with E-state index in [9.17, 15) is 9.90 Å². The van der Waals surface area contributed by atoms with E-state index in [1.807, 2.05) is 32.9 Å². The molecule has 0 spiro atoms. The maximum absolute atomic E-state index is 15.3. The third-order valence-electron chi connectivity index (χ3n) is 5.73. The SMILES string of the molecule is CCn1c(CO)nn(-c2cc3c(C(C)C)cc(-c4c(C)ccnc4OC)nc3cc2F)c1=O. The summed E-state index contributed by atoms with van der Waals surface area (Å²) in [5.41, 5.74) is 3.22. The van der Waals surface area contributed by atoms with Crippen molar-refractivity contribution in [3.05, 3.63) is 63.7 Å². The van der Waals surface area contributed by atoms with Crippen LogP contribution in [0.1, 0.15) is 43.6 Å². The summed E-state index contributed by atoms with van der Waals surface area (Å²) in [6, 6.07) is 6.74. The minimum Gasteiger partial charge on any atom is -0.480 e. The number of ether oxygens (including phenoxy) is 1. The van der Waals surface area contributed by atoms with Crippen LogP contribution in [0.15, 0.2) is 35.3 Å². The molecule has 0 saturated heterocycles. The van der Waals surface area contributed by atoms with Crippen LogP contribution in [0, 0.1) is 12.7 Å². The van der Waals surface area contributed by atoms with Crippen molar-refractivity contribution in [3.63, 3.8) is 0 Å². The van der Waals surface area contributed by atoms with Gasteiger partial charge in [-0.1, -0.05) is 13.8 Å². The van der Waals surface area contributed by atoms with Crippen molar-refractivity contribution in [2.24, 2.45) is 0 Å². The Labute approximate surface area is 190 Å². The van der Waals surface area contributed by atoms with E-state index in [0.29, 0.717) is 29.0 Å². The van der Waals surface area contributed by atoms with Crippen molar-refractivity contribution in [1.82, 2.24) is 24.3 Å². The van der Waals surface area contributed by atoms with Gasteiger partial charge in [-0.15, -0.1) is 5.10 Å². The Kier molecular flexibility index (Phi) is 5.99. The number of hydrogen-bond donors (Lipinski definition) is 1. The Balaban J connectivity index is 2.00. The third kappa shape index (κ3) is 3.78. The first kappa shape index (κ1) is 22.6. The molecular weight excluding hydrogens is 425 g/mol. The topological polar surface area (TPSA) is 95.1 Å². The van der Waals surface area contributed by atoms with Gasteiger partial charge in [-0.25, -0.2) is 19.2 Å². The number of aryl methyl sites for hydroxylation is 1. The Morgan fingerprint density at radius 2 is 2.00 bits per heavy atom. The van der Waals surface area contributed by atoms with Gasteiger partial charge in [0, 0.05) is 24.2 Å². The quantitative estimate of drug-likeness (QED) is 0.480. The second-order valence-corrected chi connectivity index (χ2v) is 8.10. The van der Waals surface area contributed by atoms with E-state index in [1.54, 1.807) is 26.3 Å². The fourth-order valence-electron chi connectivity index (χ4n) is 4.06. The van der Waals surface area contributed by atoms with Gasteiger partial charge in [0.1, 0.15) is 12.3 Å². The standard InChI is InChI=1S/C24H26FN5O3/c1-6-29-21(12-31)28-30(24(29)32)20-10-16-15(13(2)3)9-19(27-18(16)11-17(20)25)22-14(4)7-8-26-23(22)33-5/h7-11,13,31H,6,12H2,1-5H3. The Morgan fingerprint density at radius 3 is 2.61 bits per heavy atom. The zero-order chi connectivity index (χ0) is 23.9. The fraction of sp³-hybridized carbons (Fsp3) is 0.333. The lowest BCUT2D eigenvalue weighted by Gasteiger charge is -2.16. The first-order valence-corrected chi connectivity index (χ1v) is 10.7. The third-order valence-corrected chi connectivity index (χ3v) is 5.73. The maximum Gasteiger partial charge on any atom is 0.350 e. The fourth-order valence-corrected chi connectivity index (χ4v) is 4.06. The van der Waals surface area contributed by atoms with Crippen LogP contribution in [0.4, 0.5) is 4.39 Å². The molecule has 0 unspecified atom stereocenters. The van der Waals surface area contributed by atoms with Crippen LogP contribution in [0.5, 0.6) is 5.88 Å². The Bertz CT molecular complexity index is 1410. The molecule has 1 N–H and O–H groups in total. The van der Waals surface area contributed by atoms with Crippen molar-refractivity contribution in [3.8, 4) is 22.8 Å². The number of fused-ring (bicyclic) bond motifs is 1. The van der Waals surface area contributed by atoms with Crippen LogP contribution in [-0.4, -0.2) is 36.5 Å². The predicted octanol–water partition coefficient (Wildman–Crippen LogP) is 3.74. The van der Waals surface area contributed by atoms with Gasteiger partial charge in [-0.3, -0.25) is 4.57 Å². The Morgan fingerprint density at radius 1 is 1.24 bits per heavy atom. The van der Waals surface area contributed by atoms with E-state index in [2.05, 4.69) is 10.1 Å². The number of aliphatic hydroxyl groups excluding tert-OH is 1. The Hall–Kier alpha value is -3.59. The predicted molar refractivity (Wildman–Crippen MR) is 123 cm³/mol. The summed E-state index contributed by atoms with van der Waals surface area (Å²) < 4.78 is 23.0. The highest BCUT2D eigenvalue weighted by atomic mass is 19.1. The molecule has 0 saturated carbocycles. The second kappa shape index (κ2) is 8.74. The van der Waals surface area contributed by atoms with E-state index in [1.165, 1.54) is 10.6 Å². The average molecular weight is 452 g/mol.